The van der Waals surface area contributed by atoms with Crippen LogP contribution in [0.15, 0.2) is 0 Å². The molecule has 0 aliphatic carbocycles. The van der Waals surface area contributed by atoms with Gasteiger partial charge in [-0.1, -0.05) is 0 Å². The van der Waals surface area contributed by atoms with E-state index in [2.05, 4.69) is 0 Å². The van der Waals surface area contributed by atoms with Gasteiger partial charge in [0.05, 0.1) is 0 Å². The van der Waals surface area contributed by atoms with Gasteiger partial charge in [0.15, 0.2) is 0 Å². The quantitative estimate of drug-likeness (QED) is 0.392. The van der Waals surface area contributed by atoms with E-state index < -0.39 is 0 Å². The zero-order valence-corrected chi connectivity index (χ0v) is 3.00. The van der Waals surface area contributed by atoms with Gasteiger partial charge in [-0.15, -0.1) is 0 Å². The van der Waals surface area contributed by atoms with Crippen molar-refractivity contribution in [1.29, 1.82) is 0 Å². The fourth-order valence-electron chi connectivity index (χ4n) is 0. The predicted octanol–water partition coefficient (Wildman–Crippen LogP) is -5.54. The molecule has 0 fully saturated rings. The van der Waals surface area contributed by atoms with Gasteiger partial charge in [-0.05, 0) is 0 Å². The molecule has 0 saturated heterocycles. The van der Waals surface area contributed by atoms with Crippen molar-refractivity contribution in [1.82, 2.24) is 0 Å². The molecule has 0 aliphatic heterocycles. The molecule has 0 atom stereocenters. The molecule has 0 aliphatic rings. The van der Waals surface area contributed by atoms with E-state index in [0.29, 0.717) is 0 Å². The molecule has 4 heavy (non-hydrogen) atoms. The molecule has 0 rings (SSSR count). The third-order valence-electron chi connectivity index (χ3n) is 0. The van der Waals surface area contributed by atoms with Crippen molar-refractivity contribution in [3.63, 3.8) is 0 Å². The minimum absolute atomic E-state index is 0. The van der Waals surface area contributed by atoms with Crippen LogP contribution in [-0.4, -0.2) is 72.6 Å². The minimum atomic E-state index is 0. The summed E-state index contributed by atoms with van der Waals surface area (Å²) in [5.74, 6) is 0. The average molecular weight is 303 g/mol. The first-order valence-electron chi connectivity index (χ1n) is 0. The van der Waals surface area contributed by atoms with Gasteiger partial charge in [0.2, 0.25) is 0 Å². The normalized spacial score (nSPS) is 0. The van der Waals surface area contributed by atoms with E-state index in [9.17, 15) is 0 Å². The second kappa shape index (κ2) is 18.7. The molecular formula is H15GaGe3. The first-order valence-corrected chi connectivity index (χ1v) is 0. The predicted molar refractivity (Wildman–Crippen MR) is 43.9 cm³/mol. The Morgan fingerprint density at radius 1 is 0.500 bits per heavy atom. The summed E-state index contributed by atoms with van der Waals surface area (Å²) in [7, 11) is 0. The fraction of sp³-hybridized carbons (Fsp3) is 0. The van der Waals surface area contributed by atoms with Gasteiger partial charge in [-0.2, -0.15) is 0 Å². The number of hydrogen-bond donors (Lipinski definition) is 0. The van der Waals surface area contributed by atoms with Crippen LogP contribution in [0.4, 0.5) is 0 Å². The first kappa shape index (κ1) is 33.9. The van der Waals surface area contributed by atoms with Gasteiger partial charge in [0.25, 0.3) is 0 Å². The second-order valence-corrected chi connectivity index (χ2v) is 0. The molecule has 0 spiro atoms. The molecule has 0 aromatic rings. The monoisotopic (exact) mass is 306 g/mol. The van der Waals surface area contributed by atoms with Gasteiger partial charge in [-0.25, -0.2) is 0 Å². The van der Waals surface area contributed by atoms with Crippen LogP contribution >= 0.6 is 0 Å². The molecule has 0 unspecified atom stereocenters. The van der Waals surface area contributed by atoms with E-state index in [1.54, 1.807) is 0 Å². The Morgan fingerprint density at radius 3 is 0.500 bits per heavy atom. The summed E-state index contributed by atoms with van der Waals surface area (Å²) < 4.78 is 0. The van der Waals surface area contributed by atoms with E-state index >= 15 is 0 Å². The summed E-state index contributed by atoms with van der Waals surface area (Å²) in [5.41, 5.74) is 0. The first-order chi connectivity index (χ1) is 0. The average Bonchev–Trinajstić information content (AvgIpc) is 0. The molecule has 0 aromatic carbocycles. The molecule has 0 amide bonds. The summed E-state index contributed by atoms with van der Waals surface area (Å²) in [6.45, 7) is 0. The second-order valence-electron chi connectivity index (χ2n) is 0. The zero-order chi connectivity index (χ0) is 0. The summed E-state index contributed by atoms with van der Waals surface area (Å²) in [4.78, 5) is 0. The van der Waals surface area contributed by atoms with Crippen LogP contribution in [0.25, 0.3) is 0 Å². The molecule has 0 N–H and O–H groups in total. The van der Waals surface area contributed by atoms with Crippen molar-refractivity contribution in [3.8, 4) is 0 Å². The van der Waals surface area contributed by atoms with Crippen molar-refractivity contribution < 1.29 is 0 Å². The van der Waals surface area contributed by atoms with Gasteiger partial charge in [0, 0.05) is 0 Å². The van der Waals surface area contributed by atoms with Crippen LogP contribution < -0.4 is 0 Å². The van der Waals surface area contributed by atoms with Crippen molar-refractivity contribution in [3.05, 3.63) is 0 Å². The standard InChI is InChI=1S/Ga.3GeH5/h;3*1H5/q+3;3*-1. The maximum atomic E-state index is 0. The Balaban J connectivity index is 0. The third kappa shape index (κ3) is 8.86. The van der Waals surface area contributed by atoms with Crippen LogP contribution in [0.2, 0.25) is 0 Å². The molecule has 0 radical (unpaired) electrons. The van der Waals surface area contributed by atoms with Crippen LogP contribution in [0.3, 0.4) is 0 Å². The molecule has 0 heterocycles. The Hall–Kier alpha value is 2.26. The van der Waals surface area contributed by atoms with E-state index in [1.165, 1.54) is 0 Å². The van der Waals surface area contributed by atoms with Crippen LogP contribution in [-0.2, 0) is 0 Å². The Morgan fingerprint density at radius 2 is 0.500 bits per heavy atom. The number of rotatable bonds is 0. The summed E-state index contributed by atoms with van der Waals surface area (Å²) >= 11 is 0. The summed E-state index contributed by atoms with van der Waals surface area (Å²) in [5, 5.41) is 0. The molecular weight excluding hydrogens is 288 g/mol. The maximum absolute atomic E-state index is 0. The van der Waals surface area contributed by atoms with Crippen molar-refractivity contribution in [2.45, 2.75) is 0 Å². The van der Waals surface area contributed by atoms with Crippen molar-refractivity contribution in [2.75, 3.05) is 0 Å². The Labute approximate surface area is 71.8 Å². The SMILES string of the molecule is [Ga+3].[GeH5-].[GeH5-].[GeH5-]. The van der Waals surface area contributed by atoms with Gasteiger partial charge < -0.3 is 0 Å². The van der Waals surface area contributed by atoms with E-state index in [0.717, 1.165) is 0 Å². The zero-order valence-electron chi connectivity index (χ0n) is 0.577. The molecule has 0 saturated carbocycles. The van der Waals surface area contributed by atoms with E-state index in [1.807, 2.05) is 0 Å². The third-order valence-corrected chi connectivity index (χ3v) is 0. The summed E-state index contributed by atoms with van der Waals surface area (Å²) in [6, 6.07) is 0. The fourth-order valence-corrected chi connectivity index (χ4v) is 0. The van der Waals surface area contributed by atoms with Gasteiger partial charge >= 0.3 is 72.6 Å². The van der Waals surface area contributed by atoms with Crippen LogP contribution in [0, 0.1) is 0 Å². The van der Waals surface area contributed by atoms with Gasteiger partial charge in [-0.3, -0.25) is 0 Å². The molecule has 0 nitrogen and oxygen atoms in total. The van der Waals surface area contributed by atoms with Crippen LogP contribution in [0.1, 0.15) is 0 Å². The summed E-state index contributed by atoms with van der Waals surface area (Å²) in [6.07, 6.45) is 0. The van der Waals surface area contributed by atoms with E-state index in [4.69, 9.17) is 0 Å². The van der Waals surface area contributed by atoms with Gasteiger partial charge in [0.1, 0.15) is 0 Å². The van der Waals surface area contributed by atoms with Crippen LogP contribution in [0.5, 0.6) is 0 Å². The molecule has 0 bridgehead atoms. The topological polar surface area (TPSA) is 0 Å². The Kier molecular flexibility index (Phi) is 158. The number of hydrogen-bond acceptors (Lipinski definition) is 0. The van der Waals surface area contributed by atoms with Crippen molar-refractivity contribution in [2.24, 2.45) is 0 Å². The van der Waals surface area contributed by atoms with E-state index in [-0.39, 0.29) is 72.6 Å². The molecule has 4 heteroatoms. The van der Waals surface area contributed by atoms with Crippen molar-refractivity contribution >= 4 is 72.6 Å². The molecule has 30 valence electrons. The molecule has 0 aromatic heterocycles. The Bertz CT molecular complexity index is 3.25.